The lowest BCUT2D eigenvalue weighted by molar-refractivity contribution is -0.145. The Morgan fingerprint density at radius 3 is 2.38 bits per heavy atom. The molecule has 198 valence electrons. The summed E-state index contributed by atoms with van der Waals surface area (Å²) in [7, 11) is 0. The molecule has 5 N–H and O–H groups in total. The minimum absolute atomic E-state index is 0. The number of nitrogens with two attached hydrogens (primary N) is 1. The van der Waals surface area contributed by atoms with Crippen molar-refractivity contribution in [3.8, 4) is 0 Å². The maximum absolute atomic E-state index is 13.4. The number of halogens is 2. The fraction of sp³-hybridized carbons (Fsp3) is 0.864. The fourth-order valence-corrected chi connectivity index (χ4v) is 4.97. The second-order valence-electron chi connectivity index (χ2n) is 9.12. The monoisotopic (exact) mass is 525 g/mol. The van der Waals surface area contributed by atoms with Gasteiger partial charge in [0.15, 0.2) is 5.96 Å². The number of guanidine groups is 1. The lowest BCUT2D eigenvalue weighted by Gasteiger charge is -2.39. The zero-order valence-corrected chi connectivity index (χ0v) is 21.4. The minimum atomic E-state index is -0.961. The molecule has 10 nitrogen and oxygen atoms in total. The van der Waals surface area contributed by atoms with Crippen LogP contribution >= 0.6 is 24.8 Å². The van der Waals surface area contributed by atoms with Crippen LogP contribution in [0.3, 0.4) is 0 Å². The quantitative estimate of drug-likeness (QED) is 0.262. The first kappa shape index (κ1) is 30.7. The van der Waals surface area contributed by atoms with Crippen molar-refractivity contribution in [1.29, 1.82) is 5.41 Å². The van der Waals surface area contributed by atoms with Gasteiger partial charge in [-0.2, -0.15) is 0 Å². The van der Waals surface area contributed by atoms with Gasteiger partial charge in [0.2, 0.25) is 5.91 Å². The van der Waals surface area contributed by atoms with Crippen molar-refractivity contribution in [3.63, 3.8) is 0 Å². The molecule has 3 aliphatic rings. The van der Waals surface area contributed by atoms with E-state index in [4.69, 9.17) is 20.6 Å². The van der Waals surface area contributed by atoms with Gasteiger partial charge < -0.3 is 35.4 Å². The Morgan fingerprint density at radius 1 is 1.09 bits per heavy atom. The number of ether oxygens (including phenoxy) is 2. The van der Waals surface area contributed by atoms with E-state index in [1.807, 2.05) is 9.80 Å². The zero-order chi connectivity index (χ0) is 22.9. The summed E-state index contributed by atoms with van der Waals surface area (Å²) in [6.45, 7) is 4.01. The molecule has 0 aliphatic carbocycles. The van der Waals surface area contributed by atoms with Crippen LogP contribution < -0.4 is 11.1 Å². The number of carboxylic acid groups (broad SMARTS) is 1. The number of amides is 1. The van der Waals surface area contributed by atoms with Gasteiger partial charge in [-0.25, -0.2) is 0 Å². The predicted molar refractivity (Wildman–Crippen MR) is 134 cm³/mol. The van der Waals surface area contributed by atoms with Gasteiger partial charge >= 0.3 is 5.97 Å². The normalized spacial score (nSPS) is 22.9. The second kappa shape index (κ2) is 15.6. The van der Waals surface area contributed by atoms with Crippen LogP contribution in [0.15, 0.2) is 0 Å². The molecule has 1 unspecified atom stereocenters. The average Bonchev–Trinajstić information content (AvgIpc) is 2.79. The Kier molecular flexibility index (Phi) is 14.1. The molecular weight excluding hydrogens is 485 g/mol. The standard InChI is InChI=1S/C22H39N5O5.2ClH/c23-22(24)26-10-4-18(5-11-26)32-14-8-17-3-1-2-9-27(17)21(30)19(15-20(28)29)25-16-6-12-31-13-7-16;;/h16-19,25H,1-15H2,(H3,23,24)(H,28,29);2*1H/t17?,19-;;/m0../s1. The number of hydrogen-bond donors (Lipinski definition) is 4. The number of nitrogens with one attached hydrogen (secondary N) is 2. The van der Waals surface area contributed by atoms with Gasteiger partial charge in [0.25, 0.3) is 0 Å². The van der Waals surface area contributed by atoms with Gasteiger partial charge in [-0.1, -0.05) is 0 Å². The molecule has 0 saturated carbocycles. The Morgan fingerprint density at radius 2 is 1.76 bits per heavy atom. The highest BCUT2D eigenvalue weighted by molar-refractivity contribution is 5.86. The minimum Gasteiger partial charge on any atom is -0.481 e. The largest absolute Gasteiger partial charge is 0.481 e. The van der Waals surface area contributed by atoms with Crippen LogP contribution in [0.25, 0.3) is 0 Å². The van der Waals surface area contributed by atoms with E-state index in [2.05, 4.69) is 5.32 Å². The topological polar surface area (TPSA) is 141 Å². The van der Waals surface area contributed by atoms with Crippen molar-refractivity contribution in [1.82, 2.24) is 15.1 Å². The summed E-state index contributed by atoms with van der Waals surface area (Å²) in [5.41, 5.74) is 5.55. The van der Waals surface area contributed by atoms with E-state index in [1.54, 1.807) is 0 Å². The number of carbonyl (C=O) groups is 2. The van der Waals surface area contributed by atoms with Crippen LogP contribution in [-0.2, 0) is 19.1 Å². The molecule has 12 heteroatoms. The van der Waals surface area contributed by atoms with Gasteiger partial charge in [-0.05, 0) is 51.4 Å². The van der Waals surface area contributed by atoms with Crippen LogP contribution in [0.5, 0.6) is 0 Å². The fourth-order valence-electron chi connectivity index (χ4n) is 4.97. The van der Waals surface area contributed by atoms with Crippen LogP contribution in [0.4, 0.5) is 0 Å². The molecule has 0 bridgehead atoms. The van der Waals surface area contributed by atoms with Gasteiger partial charge in [0.05, 0.1) is 18.6 Å². The summed E-state index contributed by atoms with van der Waals surface area (Å²) >= 11 is 0. The van der Waals surface area contributed by atoms with E-state index in [0.29, 0.717) is 26.4 Å². The molecule has 3 aliphatic heterocycles. The smallest absolute Gasteiger partial charge is 0.305 e. The van der Waals surface area contributed by atoms with Crippen molar-refractivity contribution in [2.24, 2.45) is 5.73 Å². The number of piperidine rings is 2. The summed E-state index contributed by atoms with van der Waals surface area (Å²) in [5.74, 6) is -0.944. The first-order valence-corrected chi connectivity index (χ1v) is 12.0. The van der Waals surface area contributed by atoms with Crippen molar-refractivity contribution >= 4 is 42.7 Å². The molecule has 3 saturated heterocycles. The molecule has 3 heterocycles. The summed E-state index contributed by atoms with van der Waals surface area (Å²) in [4.78, 5) is 28.6. The maximum atomic E-state index is 13.4. The Bertz CT molecular complexity index is 645. The van der Waals surface area contributed by atoms with Gasteiger partial charge in [-0.15, -0.1) is 24.8 Å². The molecular formula is C22H41Cl2N5O5. The number of rotatable bonds is 9. The highest BCUT2D eigenvalue weighted by atomic mass is 35.5. The van der Waals surface area contributed by atoms with E-state index in [9.17, 15) is 14.7 Å². The van der Waals surface area contributed by atoms with Gasteiger partial charge in [0, 0.05) is 51.5 Å². The zero-order valence-electron chi connectivity index (χ0n) is 19.8. The van der Waals surface area contributed by atoms with Crippen LogP contribution in [0, 0.1) is 5.41 Å². The third-order valence-electron chi connectivity index (χ3n) is 6.83. The summed E-state index contributed by atoms with van der Waals surface area (Å²) in [6, 6.07) is -0.501. The first-order chi connectivity index (χ1) is 15.4. The SMILES string of the molecule is Cl.Cl.N=C(N)N1CCC(OCCC2CCCCN2C(=O)[C@H](CC(=O)O)NC2CCOCC2)CC1. The van der Waals surface area contributed by atoms with Gasteiger partial charge in [0.1, 0.15) is 0 Å². The van der Waals surface area contributed by atoms with Crippen molar-refractivity contribution in [3.05, 3.63) is 0 Å². The number of aliphatic carboxylic acids is 1. The van der Waals surface area contributed by atoms with Crippen LogP contribution in [0.2, 0.25) is 0 Å². The molecule has 0 aromatic rings. The van der Waals surface area contributed by atoms with Crippen molar-refractivity contribution < 1.29 is 24.2 Å². The van der Waals surface area contributed by atoms with E-state index in [0.717, 1.165) is 64.5 Å². The second-order valence-corrected chi connectivity index (χ2v) is 9.12. The lowest BCUT2D eigenvalue weighted by Crippen LogP contribution is -2.55. The van der Waals surface area contributed by atoms with Crippen molar-refractivity contribution in [2.45, 2.75) is 82.0 Å². The molecule has 34 heavy (non-hydrogen) atoms. The Balaban J connectivity index is 0.00000289. The first-order valence-electron chi connectivity index (χ1n) is 12.0. The van der Waals surface area contributed by atoms with E-state index < -0.39 is 12.0 Å². The third kappa shape index (κ3) is 9.37. The maximum Gasteiger partial charge on any atom is 0.305 e. The Hall–Kier alpha value is -1.33. The highest BCUT2D eigenvalue weighted by Crippen LogP contribution is 2.23. The van der Waals surface area contributed by atoms with Crippen molar-refractivity contribution in [2.75, 3.05) is 39.5 Å². The summed E-state index contributed by atoms with van der Waals surface area (Å²) < 4.78 is 11.5. The van der Waals surface area contributed by atoms with E-state index >= 15 is 0 Å². The number of nitrogens with zero attached hydrogens (tertiary/aromatic N) is 2. The molecule has 0 aromatic heterocycles. The third-order valence-corrected chi connectivity index (χ3v) is 6.83. The number of likely N-dealkylation sites (tertiary alicyclic amines) is 2. The predicted octanol–water partition coefficient (Wildman–Crippen LogP) is 1.59. The van der Waals surface area contributed by atoms with Gasteiger partial charge in [-0.3, -0.25) is 15.0 Å². The van der Waals surface area contributed by atoms with E-state index in [1.165, 1.54) is 0 Å². The molecule has 0 radical (unpaired) electrons. The molecule has 0 aromatic carbocycles. The highest BCUT2D eigenvalue weighted by Gasteiger charge is 2.34. The molecule has 0 spiro atoms. The number of hydrogen-bond acceptors (Lipinski definition) is 6. The summed E-state index contributed by atoms with van der Waals surface area (Å²) in [5, 5.41) is 20.2. The molecule has 3 rings (SSSR count). The van der Waals surface area contributed by atoms with E-state index in [-0.39, 0.29) is 61.3 Å². The number of carbonyl (C=O) groups excluding carboxylic acids is 1. The van der Waals surface area contributed by atoms with Crippen LogP contribution in [-0.4, -0.2) is 96.4 Å². The molecule has 1 amide bonds. The average molecular weight is 527 g/mol. The molecule has 3 fully saturated rings. The lowest BCUT2D eigenvalue weighted by atomic mass is 9.97. The number of carboxylic acids is 1. The van der Waals surface area contributed by atoms with Crippen LogP contribution in [0.1, 0.15) is 57.8 Å². The Labute approximate surface area is 214 Å². The summed E-state index contributed by atoms with van der Waals surface area (Å²) in [6.07, 6.45) is 6.95. The molecule has 2 atom stereocenters.